The van der Waals surface area contributed by atoms with Gasteiger partial charge in [0.25, 0.3) is 0 Å². The van der Waals surface area contributed by atoms with Gasteiger partial charge in [0.2, 0.25) is 0 Å². The summed E-state index contributed by atoms with van der Waals surface area (Å²) in [5.74, 6) is 0.712. The van der Waals surface area contributed by atoms with Gasteiger partial charge in [-0.3, -0.25) is 10.3 Å². The highest BCUT2D eigenvalue weighted by atomic mass is 16.5. The lowest BCUT2D eigenvalue weighted by molar-refractivity contribution is 0.187. The van der Waals surface area contributed by atoms with E-state index in [4.69, 9.17) is 4.74 Å². The van der Waals surface area contributed by atoms with Gasteiger partial charge in [-0.15, -0.1) is 0 Å². The number of anilines is 1. The Labute approximate surface area is 117 Å². The Balaban J connectivity index is 1.92. The summed E-state index contributed by atoms with van der Waals surface area (Å²) < 4.78 is 10.1. The maximum atomic E-state index is 11.0. The predicted molar refractivity (Wildman–Crippen MR) is 75.8 cm³/mol. The molecule has 0 radical (unpaired) electrons. The van der Waals surface area contributed by atoms with Crippen molar-refractivity contribution >= 4 is 11.8 Å². The highest BCUT2D eigenvalue weighted by Gasteiger charge is 2.01. The lowest BCUT2D eigenvalue weighted by atomic mass is 10.2. The van der Waals surface area contributed by atoms with E-state index in [0.717, 1.165) is 11.3 Å². The van der Waals surface area contributed by atoms with E-state index in [1.165, 1.54) is 7.11 Å². The standard InChI is InChI=1S/C15H16N2O3/c1-11-7-8-16-13(9-11)10-20-14-5-3-12(4-6-14)17-15(18)19-2/h3-9H,10H2,1-2H3,(H,17,18). The van der Waals surface area contributed by atoms with Gasteiger partial charge in [-0.25, -0.2) is 4.79 Å². The van der Waals surface area contributed by atoms with Crippen LogP contribution in [0.15, 0.2) is 42.6 Å². The van der Waals surface area contributed by atoms with Crippen LogP contribution >= 0.6 is 0 Å². The van der Waals surface area contributed by atoms with E-state index in [9.17, 15) is 4.79 Å². The Kier molecular flexibility index (Phi) is 4.55. The van der Waals surface area contributed by atoms with Crippen LogP contribution in [0.2, 0.25) is 0 Å². The number of hydrogen-bond acceptors (Lipinski definition) is 4. The van der Waals surface area contributed by atoms with E-state index < -0.39 is 6.09 Å². The summed E-state index contributed by atoms with van der Waals surface area (Å²) in [4.78, 5) is 15.3. The molecule has 0 spiro atoms. The van der Waals surface area contributed by atoms with Gasteiger partial charge in [-0.1, -0.05) is 0 Å². The van der Waals surface area contributed by atoms with Crippen molar-refractivity contribution in [3.05, 3.63) is 53.9 Å². The van der Waals surface area contributed by atoms with Crippen LogP contribution in [0.5, 0.6) is 5.75 Å². The van der Waals surface area contributed by atoms with Crippen molar-refractivity contribution in [1.29, 1.82) is 0 Å². The third-order valence-electron chi connectivity index (χ3n) is 2.64. The normalized spacial score (nSPS) is 9.90. The van der Waals surface area contributed by atoms with Crippen LogP contribution in [0.25, 0.3) is 0 Å². The number of carbonyl (C=O) groups is 1. The van der Waals surface area contributed by atoms with E-state index in [1.807, 2.05) is 19.1 Å². The molecule has 5 heteroatoms. The second-order valence-electron chi connectivity index (χ2n) is 4.25. The summed E-state index contributed by atoms with van der Waals surface area (Å²) in [6, 6.07) is 11.0. The van der Waals surface area contributed by atoms with Crippen LogP contribution in [0.4, 0.5) is 10.5 Å². The quantitative estimate of drug-likeness (QED) is 0.928. The second-order valence-corrected chi connectivity index (χ2v) is 4.25. The van der Waals surface area contributed by atoms with Crippen LogP contribution in [0.3, 0.4) is 0 Å². The van der Waals surface area contributed by atoms with Crippen LogP contribution in [0.1, 0.15) is 11.3 Å². The molecule has 0 unspecified atom stereocenters. The van der Waals surface area contributed by atoms with Gasteiger partial charge >= 0.3 is 6.09 Å². The monoisotopic (exact) mass is 272 g/mol. The van der Waals surface area contributed by atoms with Crippen molar-refractivity contribution in [2.75, 3.05) is 12.4 Å². The maximum absolute atomic E-state index is 11.0. The fourth-order valence-corrected chi connectivity index (χ4v) is 1.64. The molecule has 0 aliphatic heterocycles. The molecular weight excluding hydrogens is 256 g/mol. The third kappa shape index (κ3) is 3.98. The van der Waals surface area contributed by atoms with E-state index in [-0.39, 0.29) is 0 Å². The summed E-state index contributed by atoms with van der Waals surface area (Å²) in [6.07, 6.45) is 1.26. The number of nitrogens with one attached hydrogen (secondary N) is 1. The molecule has 0 fully saturated rings. The number of ether oxygens (including phenoxy) is 2. The lowest BCUT2D eigenvalue weighted by Gasteiger charge is -2.08. The number of nitrogens with zero attached hydrogens (tertiary/aromatic N) is 1. The SMILES string of the molecule is COC(=O)Nc1ccc(OCc2cc(C)ccn2)cc1. The zero-order valence-corrected chi connectivity index (χ0v) is 11.4. The molecule has 104 valence electrons. The summed E-state index contributed by atoms with van der Waals surface area (Å²) >= 11 is 0. The van der Waals surface area contributed by atoms with Crippen molar-refractivity contribution in [3.63, 3.8) is 0 Å². The first-order chi connectivity index (χ1) is 9.67. The molecule has 20 heavy (non-hydrogen) atoms. The Bertz CT molecular complexity index is 582. The largest absolute Gasteiger partial charge is 0.487 e. The van der Waals surface area contributed by atoms with Crippen molar-refractivity contribution in [1.82, 2.24) is 4.98 Å². The third-order valence-corrected chi connectivity index (χ3v) is 2.64. The summed E-state index contributed by atoms with van der Waals surface area (Å²) in [7, 11) is 1.32. The van der Waals surface area contributed by atoms with E-state index in [2.05, 4.69) is 15.0 Å². The van der Waals surface area contributed by atoms with Gasteiger partial charge in [0, 0.05) is 11.9 Å². The Morgan fingerprint density at radius 2 is 2.00 bits per heavy atom. The number of rotatable bonds is 4. The zero-order valence-electron chi connectivity index (χ0n) is 11.4. The minimum absolute atomic E-state index is 0.408. The number of methoxy groups -OCH3 is 1. The van der Waals surface area contributed by atoms with Crippen LogP contribution in [-0.4, -0.2) is 18.2 Å². The number of aromatic nitrogens is 1. The number of carbonyl (C=O) groups excluding carboxylic acids is 1. The van der Waals surface area contributed by atoms with E-state index in [0.29, 0.717) is 18.0 Å². The van der Waals surface area contributed by atoms with E-state index in [1.54, 1.807) is 30.5 Å². The van der Waals surface area contributed by atoms with Crippen LogP contribution in [-0.2, 0) is 11.3 Å². The molecule has 0 aliphatic carbocycles. The minimum Gasteiger partial charge on any atom is -0.487 e. The fraction of sp³-hybridized carbons (Fsp3) is 0.200. The minimum atomic E-state index is -0.498. The molecule has 0 saturated heterocycles. The van der Waals surface area contributed by atoms with E-state index >= 15 is 0 Å². The van der Waals surface area contributed by atoms with Gasteiger partial charge in [0.1, 0.15) is 12.4 Å². The van der Waals surface area contributed by atoms with Gasteiger partial charge in [0.15, 0.2) is 0 Å². The number of amides is 1. The Morgan fingerprint density at radius 1 is 1.25 bits per heavy atom. The van der Waals surface area contributed by atoms with Crippen LogP contribution in [0, 0.1) is 6.92 Å². The summed E-state index contributed by atoms with van der Waals surface area (Å²) in [6.45, 7) is 2.42. The van der Waals surface area contributed by atoms with Gasteiger partial charge in [0.05, 0.1) is 12.8 Å². The first-order valence-corrected chi connectivity index (χ1v) is 6.17. The van der Waals surface area contributed by atoms with Crippen LogP contribution < -0.4 is 10.1 Å². The molecule has 0 bridgehead atoms. The summed E-state index contributed by atoms with van der Waals surface area (Å²) in [5, 5.41) is 2.57. The molecule has 5 nitrogen and oxygen atoms in total. The van der Waals surface area contributed by atoms with Crippen molar-refractivity contribution in [2.45, 2.75) is 13.5 Å². The Morgan fingerprint density at radius 3 is 2.65 bits per heavy atom. The highest BCUT2D eigenvalue weighted by molar-refractivity contribution is 5.84. The number of hydrogen-bond donors (Lipinski definition) is 1. The van der Waals surface area contributed by atoms with Crippen molar-refractivity contribution in [3.8, 4) is 5.75 Å². The molecule has 2 rings (SSSR count). The number of aryl methyl sites for hydroxylation is 1. The number of pyridine rings is 1. The predicted octanol–water partition coefficient (Wildman–Crippen LogP) is 3.15. The average molecular weight is 272 g/mol. The lowest BCUT2D eigenvalue weighted by Crippen LogP contribution is -2.10. The molecule has 1 aromatic heterocycles. The smallest absolute Gasteiger partial charge is 0.411 e. The highest BCUT2D eigenvalue weighted by Crippen LogP contribution is 2.17. The molecule has 0 saturated carbocycles. The Hall–Kier alpha value is -2.56. The van der Waals surface area contributed by atoms with Crippen molar-refractivity contribution < 1.29 is 14.3 Å². The zero-order chi connectivity index (χ0) is 14.4. The molecule has 1 aromatic carbocycles. The summed E-state index contributed by atoms with van der Waals surface area (Å²) in [5.41, 5.74) is 2.68. The maximum Gasteiger partial charge on any atom is 0.411 e. The van der Waals surface area contributed by atoms with Crippen molar-refractivity contribution in [2.24, 2.45) is 0 Å². The molecule has 0 aliphatic rings. The average Bonchev–Trinajstić information content (AvgIpc) is 2.46. The molecule has 0 atom stereocenters. The second kappa shape index (κ2) is 6.56. The van der Waals surface area contributed by atoms with Gasteiger partial charge in [-0.2, -0.15) is 0 Å². The van der Waals surface area contributed by atoms with Gasteiger partial charge in [-0.05, 0) is 48.9 Å². The molecule has 2 aromatic rings. The first kappa shape index (κ1) is 13.9. The molecular formula is C15H16N2O3. The first-order valence-electron chi connectivity index (χ1n) is 6.17. The molecule has 1 amide bonds. The topological polar surface area (TPSA) is 60.5 Å². The van der Waals surface area contributed by atoms with Gasteiger partial charge < -0.3 is 9.47 Å². The fourth-order valence-electron chi connectivity index (χ4n) is 1.64. The number of benzene rings is 1. The molecule has 1 heterocycles. The molecule has 1 N–H and O–H groups in total.